The zero-order valence-electron chi connectivity index (χ0n) is 22.0. The molecule has 4 aromatic rings. The van der Waals surface area contributed by atoms with Crippen molar-refractivity contribution in [3.05, 3.63) is 39.8 Å². The second-order valence-electron chi connectivity index (χ2n) is 11.2. The molecule has 2 saturated carbocycles. The first-order valence-electron chi connectivity index (χ1n) is 14.0. The predicted octanol–water partition coefficient (Wildman–Crippen LogP) is 5.07. The number of H-pyrrole nitrogens is 1. The summed E-state index contributed by atoms with van der Waals surface area (Å²) in [5.74, 6) is 1.83. The van der Waals surface area contributed by atoms with Gasteiger partial charge in [0.1, 0.15) is 11.2 Å². The highest BCUT2D eigenvalue weighted by Gasteiger charge is 2.39. The van der Waals surface area contributed by atoms with E-state index in [0.717, 1.165) is 55.3 Å². The molecule has 2 atom stereocenters. The van der Waals surface area contributed by atoms with Gasteiger partial charge in [-0.15, -0.1) is 5.10 Å². The summed E-state index contributed by atoms with van der Waals surface area (Å²) in [6, 6.07) is 7.94. The summed E-state index contributed by atoms with van der Waals surface area (Å²) in [5.41, 5.74) is 2.97. The van der Waals surface area contributed by atoms with Crippen LogP contribution in [0.1, 0.15) is 51.9 Å². The van der Waals surface area contributed by atoms with Crippen molar-refractivity contribution in [2.24, 2.45) is 11.8 Å². The second-order valence-corrected chi connectivity index (χ2v) is 11.7. The van der Waals surface area contributed by atoms with Gasteiger partial charge in [0.2, 0.25) is 11.8 Å². The van der Waals surface area contributed by atoms with Crippen molar-refractivity contribution < 1.29 is 9.15 Å². The van der Waals surface area contributed by atoms with Gasteiger partial charge in [-0.2, -0.15) is 4.98 Å². The van der Waals surface area contributed by atoms with Crippen LogP contribution in [0.2, 0.25) is 5.02 Å². The minimum absolute atomic E-state index is 0.0322. The van der Waals surface area contributed by atoms with Gasteiger partial charge in [-0.25, -0.2) is 19.9 Å². The largest absolute Gasteiger partial charge is 0.434 e. The van der Waals surface area contributed by atoms with Crippen molar-refractivity contribution in [2.75, 3.05) is 18.1 Å². The minimum Gasteiger partial charge on any atom is -0.384 e. The lowest BCUT2D eigenvalue weighted by atomic mass is 9.83. The van der Waals surface area contributed by atoms with Crippen molar-refractivity contribution in [3.8, 4) is 23.0 Å². The quantitative estimate of drug-likeness (QED) is 0.367. The van der Waals surface area contributed by atoms with Crippen LogP contribution in [0.25, 0.3) is 34.1 Å². The first-order valence-corrected chi connectivity index (χ1v) is 14.4. The van der Waals surface area contributed by atoms with Crippen LogP contribution in [0.5, 0.6) is 0 Å². The monoisotopic (exact) mass is 549 g/mol. The number of hydrogen-bond acceptors (Lipinski definition) is 8. The molecule has 0 bridgehead atoms. The van der Waals surface area contributed by atoms with E-state index in [1.807, 2.05) is 24.3 Å². The standard InChI is InChI=1S/C28H32ClN7O3/c1-16-8-10-17(11-9-16)15-36-23-22(18-4-2-5-19(29)14-18)30-25(26-33-34-28(37)39-26)31-24(23)32-27(36)35-12-13-38-21-7-3-6-20(21)35/h2,4-5,14,16-17,20-21H,3,6-13,15H2,1H3,(H,34,37)/t16-,17-,20-,21-/m1/s1. The van der Waals surface area contributed by atoms with Crippen LogP contribution in [0, 0.1) is 11.8 Å². The summed E-state index contributed by atoms with van der Waals surface area (Å²) in [6.07, 6.45) is 8.43. The molecule has 1 saturated heterocycles. The molecule has 1 aromatic carbocycles. The molecule has 3 aliphatic rings. The van der Waals surface area contributed by atoms with Crippen molar-refractivity contribution in [1.82, 2.24) is 29.7 Å². The van der Waals surface area contributed by atoms with Gasteiger partial charge in [0.05, 0.1) is 18.8 Å². The van der Waals surface area contributed by atoms with E-state index in [1.54, 1.807) is 0 Å². The molecular weight excluding hydrogens is 518 g/mol. The Balaban J connectivity index is 1.44. The number of rotatable bonds is 5. The molecule has 0 radical (unpaired) electrons. The molecule has 204 valence electrons. The summed E-state index contributed by atoms with van der Waals surface area (Å²) >= 11 is 6.44. The van der Waals surface area contributed by atoms with E-state index >= 15 is 0 Å². The van der Waals surface area contributed by atoms with Crippen LogP contribution >= 0.6 is 11.6 Å². The molecule has 1 N–H and O–H groups in total. The number of imidazole rings is 1. The van der Waals surface area contributed by atoms with Crippen molar-refractivity contribution in [1.29, 1.82) is 0 Å². The molecule has 3 aromatic heterocycles. The Hall–Kier alpha value is -3.24. The fourth-order valence-corrected chi connectivity index (χ4v) is 6.81. The number of benzene rings is 1. The average Bonchev–Trinajstić information content (AvgIpc) is 3.68. The van der Waals surface area contributed by atoms with E-state index in [9.17, 15) is 4.79 Å². The number of aromatic amines is 1. The highest BCUT2D eigenvalue weighted by Crippen LogP contribution is 2.39. The number of nitrogens with zero attached hydrogens (tertiary/aromatic N) is 6. The van der Waals surface area contributed by atoms with E-state index in [2.05, 4.69) is 26.6 Å². The van der Waals surface area contributed by atoms with E-state index in [0.29, 0.717) is 34.9 Å². The highest BCUT2D eigenvalue weighted by atomic mass is 35.5. The van der Waals surface area contributed by atoms with Crippen LogP contribution in [0.15, 0.2) is 33.5 Å². The Bertz CT molecular complexity index is 1550. The zero-order valence-corrected chi connectivity index (χ0v) is 22.7. The molecule has 39 heavy (non-hydrogen) atoms. The third-order valence-corrected chi connectivity index (χ3v) is 8.86. The van der Waals surface area contributed by atoms with Gasteiger partial charge in [-0.1, -0.05) is 43.5 Å². The van der Waals surface area contributed by atoms with Crippen LogP contribution in [-0.2, 0) is 11.3 Å². The van der Waals surface area contributed by atoms with Crippen LogP contribution in [-0.4, -0.2) is 55.0 Å². The highest BCUT2D eigenvalue weighted by molar-refractivity contribution is 6.30. The number of anilines is 1. The van der Waals surface area contributed by atoms with Gasteiger partial charge < -0.3 is 18.6 Å². The molecule has 1 aliphatic heterocycles. The predicted molar refractivity (Wildman–Crippen MR) is 148 cm³/mol. The lowest BCUT2D eigenvalue weighted by Crippen LogP contribution is -2.49. The number of ether oxygens (including phenoxy) is 1. The van der Waals surface area contributed by atoms with Crippen LogP contribution < -0.4 is 10.7 Å². The third-order valence-electron chi connectivity index (χ3n) is 8.63. The molecular formula is C28H32ClN7O3. The summed E-state index contributed by atoms with van der Waals surface area (Å²) in [4.78, 5) is 29.0. The SMILES string of the molecule is C[C@H]1CC[C@H](Cn2c(N3CCO[C@@H]4CCC[C@H]43)nc3nc(-c4n[nH]c(=O)o4)nc(-c4cccc(Cl)c4)c32)CC1. The smallest absolute Gasteiger partial charge is 0.384 e. The van der Waals surface area contributed by atoms with Crippen molar-refractivity contribution in [3.63, 3.8) is 0 Å². The molecule has 0 spiro atoms. The first kappa shape index (κ1) is 24.8. The number of fused-ring (bicyclic) bond motifs is 2. The number of morpholine rings is 1. The van der Waals surface area contributed by atoms with Gasteiger partial charge in [-0.3, -0.25) is 0 Å². The summed E-state index contributed by atoms with van der Waals surface area (Å²) in [7, 11) is 0. The maximum absolute atomic E-state index is 11.7. The fraction of sp³-hybridized carbons (Fsp3) is 0.536. The maximum atomic E-state index is 11.7. The number of aromatic nitrogens is 6. The second kappa shape index (κ2) is 10.1. The minimum atomic E-state index is -0.656. The molecule has 11 heteroatoms. The Morgan fingerprint density at radius 1 is 1.10 bits per heavy atom. The van der Waals surface area contributed by atoms with E-state index in [4.69, 9.17) is 35.7 Å². The number of halogens is 1. The molecule has 0 amide bonds. The molecule has 10 nitrogen and oxygen atoms in total. The average molecular weight is 550 g/mol. The summed E-state index contributed by atoms with van der Waals surface area (Å²) in [6.45, 7) is 4.67. The number of nitrogens with one attached hydrogen (secondary N) is 1. The molecule has 3 fully saturated rings. The van der Waals surface area contributed by atoms with Crippen molar-refractivity contribution >= 4 is 28.7 Å². The van der Waals surface area contributed by atoms with Crippen LogP contribution in [0.4, 0.5) is 5.95 Å². The Labute approximate surface area is 230 Å². The van der Waals surface area contributed by atoms with Gasteiger partial charge in [0, 0.05) is 23.7 Å². The van der Waals surface area contributed by atoms with E-state index in [1.165, 1.54) is 25.7 Å². The lowest BCUT2D eigenvalue weighted by Gasteiger charge is -2.39. The van der Waals surface area contributed by atoms with E-state index < -0.39 is 5.76 Å². The molecule has 7 rings (SSSR count). The topological polar surface area (TPSA) is 115 Å². The third kappa shape index (κ3) is 4.63. The van der Waals surface area contributed by atoms with Gasteiger partial charge >= 0.3 is 5.76 Å². The van der Waals surface area contributed by atoms with Crippen molar-refractivity contribution in [2.45, 2.75) is 70.6 Å². The normalized spacial score (nSPS) is 25.3. The molecule has 0 unspecified atom stereocenters. The molecule has 2 aliphatic carbocycles. The summed E-state index contributed by atoms with van der Waals surface area (Å²) < 4.78 is 13.7. The Morgan fingerprint density at radius 2 is 1.97 bits per heavy atom. The van der Waals surface area contributed by atoms with Gasteiger partial charge in [-0.05, 0) is 56.1 Å². The first-order chi connectivity index (χ1) is 19.0. The Kier molecular flexibility index (Phi) is 6.39. The number of hydrogen-bond donors (Lipinski definition) is 1. The van der Waals surface area contributed by atoms with Gasteiger partial charge in [0.25, 0.3) is 5.89 Å². The van der Waals surface area contributed by atoms with Crippen LogP contribution in [0.3, 0.4) is 0 Å². The van der Waals surface area contributed by atoms with E-state index in [-0.39, 0.29) is 17.8 Å². The lowest BCUT2D eigenvalue weighted by molar-refractivity contribution is 0.0247. The Morgan fingerprint density at radius 3 is 2.77 bits per heavy atom. The maximum Gasteiger partial charge on any atom is 0.434 e. The fourth-order valence-electron chi connectivity index (χ4n) is 6.62. The molecule has 4 heterocycles. The summed E-state index contributed by atoms with van der Waals surface area (Å²) in [5, 5.41) is 6.92. The van der Waals surface area contributed by atoms with Gasteiger partial charge in [0.15, 0.2) is 5.65 Å². The zero-order chi connectivity index (χ0) is 26.5.